The van der Waals surface area contributed by atoms with Gasteiger partial charge in [0.15, 0.2) is 0 Å². The molecule has 132 valence electrons. The van der Waals surface area contributed by atoms with Gasteiger partial charge < -0.3 is 10.4 Å². The minimum Gasteiger partial charge on any atom is -0.478 e. The monoisotopic (exact) mass is 353 g/mol. The Morgan fingerprint density at radius 3 is 1.73 bits per heavy atom. The number of carboxylic acid groups (broad SMARTS) is 1. The van der Waals surface area contributed by atoms with Crippen molar-refractivity contribution in [3.05, 3.63) is 101 Å². The number of anilines is 1. The van der Waals surface area contributed by atoms with Gasteiger partial charge in [-0.25, -0.2) is 13.6 Å². The first-order valence-corrected chi connectivity index (χ1v) is 8.05. The molecule has 0 atom stereocenters. The molecule has 0 saturated heterocycles. The van der Waals surface area contributed by atoms with Crippen molar-refractivity contribution in [2.45, 2.75) is 5.92 Å². The highest BCUT2D eigenvalue weighted by molar-refractivity contribution is 5.94. The fourth-order valence-corrected chi connectivity index (χ4v) is 3.02. The first-order chi connectivity index (χ1) is 12.5. The SMILES string of the molecule is CNc1ccc(C(c2ccc(F)cc2)c2ccc(F)cc2)cc1C(=O)O. The number of carboxylic acids is 1. The van der Waals surface area contributed by atoms with Gasteiger partial charge in [-0.3, -0.25) is 0 Å². The Balaban J connectivity index is 2.17. The van der Waals surface area contributed by atoms with E-state index >= 15 is 0 Å². The predicted molar refractivity (Wildman–Crippen MR) is 96.7 cm³/mol. The lowest BCUT2D eigenvalue weighted by Crippen LogP contribution is -2.08. The highest BCUT2D eigenvalue weighted by Gasteiger charge is 2.20. The highest BCUT2D eigenvalue weighted by Crippen LogP contribution is 2.34. The van der Waals surface area contributed by atoms with E-state index in [4.69, 9.17) is 0 Å². The molecule has 0 unspecified atom stereocenters. The Kier molecular flexibility index (Phi) is 4.98. The summed E-state index contributed by atoms with van der Waals surface area (Å²) in [7, 11) is 1.65. The van der Waals surface area contributed by atoms with Crippen molar-refractivity contribution >= 4 is 11.7 Å². The van der Waals surface area contributed by atoms with Gasteiger partial charge in [-0.15, -0.1) is 0 Å². The number of hydrogen-bond acceptors (Lipinski definition) is 2. The molecule has 0 aliphatic carbocycles. The van der Waals surface area contributed by atoms with Crippen molar-refractivity contribution in [1.29, 1.82) is 0 Å². The summed E-state index contributed by atoms with van der Waals surface area (Å²) < 4.78 is 26.7. The largest absolute Gasteiger partial charge is 0.478 e. The Morgan fingerprint density at radius 1 is 0.846 bits per heavy atom. The van der Waals surface area contributed by atoms with E-state index in [-0.39, 0.29) is 23.1 Å². The Morgan fingerprint density at radius 2 is 1.31 bits per heavy atom. The zero-order valence-corrected chi connectivity index (χ0v) is 14.0. The quantitative estimate of drug-likeness (QED) is 0.643. The normalized spacial score (nSPS) is 10.8. The Bertz CT molecular complexity index is 876. The zero-order chi connectivity index (χ0) is 18.7. The fraction of sp³-hybridized carbons (Fsp3) is 0.0952. The van der Waals surface area contributed by atoms with Crippen molar-refractivity contribution < 1.29 is 18.7 Å². The molecule has 2 N–H and O–H groups in total. The fourth-order valence-electron chi connectivity index (χ4n) is 3.02. The van der Waals surface area contributed by atoms with Crippen LogP contribution in [0.1, 0.15) is 33.0 Å². The summed E-state index contributed by atoms with van der Waals surface area (Å²) in [5, 5.41) is 12.3. The average molecular weight is 353 g/mol. The molecular weight excluding hydrogens is 336 g/mol. The Hall–Kier alpha value is -3.21. The third kappa shape index (κ3) is 3.57. The summed E-state index contributed by atoms with van der Waals surface area (Å²) in [6.45, 7) is 0. The van der Waals surface area contributed by atoms with Gasteiger partial charge in [-0.05, 0) is 53.1 Å². The molecule has 0 aliphatic heterocycles. The van der Waals surface area contributed by atoms with E-state index in [2.05, 4.69) is 5.32 Å². The second-order valence-electron chi connectivity index (χ2n) is 5.90. The molecule has 3 rings (SSSR count). The van der Waals surface area contributed by atoms with Gasteiger partial charge in [0.1, 0.15) is 11.6 Å². The van der Waals surface area contributed by atoms with Crippen LogP contribution in [0.25, 0.3) is 0 Å². The lowest BCUT2D eigenvalue weighted by molar-refractivity contribution is 0.0698. The summed E-state index contributed by atoms with van der Waals surface area (Å²) in [4.78, 5) is 11.6. The van der Waals surface area contributed by atoms with Gasteiger partial charge >= 0.3 is 5.97 Å². The number of nitrogens with one attached hydrogen (secondary N) is 1. The van der Waals surface area contributed by atoms with Crippen molar-refractivity contribution in [1.82, 2.24) is 0 Å². The number of halogens is 2. The van der Waals surface area contributed by atoms with Gasteiger partial charge in [0.25, 0.3) is 0 Å². The summed E-state index contributed by atoms with van der Waals surface area (Å²) in [5.41, 5.74) is 2.93. The van der Waals surface area contributed by atoms with Crippen LogP contribution in [0.15, 0.2) is 66.7 Å². The lowest BCUT2D eigenvalue weighted by atomic mass is 9.84. The molecule has 0 radical (unpaired) electrons. The van der Waals surface area contributed by atoms with Crippen LogP contribution in [0.5, 0.6) is 0 Å². The van der Waals surface area contributed by atoms with Gasteiger partial charge in [-0.2, -0.15) is 0 Å². The molecule has 3 aromatic rings. The molecule has 0 amide bonds. The minimum atomic E-state index is -1.05. The third-order valence-corrected chi connectivity index (χ3v) is 4.28. The molecule has 3 aromatic carbocycles. The summed E-state index contributed by atoms with van der Waals surface area (Å²) in [6, 6.07) is 17.1. The highest BCUT2D eigenvalue weighted by atomic mass is 19.1. The second kappa shape index (κ2) is 7.35. The molecule has 0 bridgehead atoms. The van der Waals surface area contributed by atoms with Crippen LogP contribution in [-0.4, -0.2) is 18.1 Å². The van der Waals surface area contributed by atoms with Crippen LogP contribution in [0, 0.1) is 11.6 Å². The topological polar surface area (TPSA) is 49.3 Å². The molecule has 26 heavy (non-hydrogen) atoms. The maximum Gasteiger partial charge on any atom is 0.337 e. The molecule has 0 aliphatic rings. The van der Waals surface area contributed by atoms with Crippen LogP contribution < -0.4 is 5.32 Å². The summed E-state index contributed by atoms with van der Waals surface area (Å²) in [5.74, 6) is -2.11. The van der Waals surface area contributed by atoms with Gasteiger partial charge in [-0.1, -0.05) is 30.3 Å². The summed E-state index contributed by atoms with van der Waals surface area (Å²) in [6.07, 6.45) is 0. The molecule has 3 nitrogen and oxygen atoms in total. The molecule has 0 aromatic heterocycles. The van der Waals surface area contributed by atoms with E-state index in [0.29, 0.717) is 5.69 Å². The standard InChI is InChI=1S/C21H17F2NO2/c1-24-19-11-6-15(12-18(19)21(25)26)20(13-2-7-16(22)8-3-13)14-4-9-17(23)10-5-14/h2-12,20,24H,1H3,(H,25,26). The van der Waals surface area contributed by atoms with E-state index in [1.165, 1.54) is 24.3 Å². The predicted octanol–water partition coefficient (Wildman–Crippen LogP) is 4.88. The van der Waals surface area contributed by atoms with E-state index in [1.54, 1.807) is 43.4 Å². The number of aromatic carboxylic acids is 1. The minimum absolute atomic E-state index is 0.138. The molecule has 0 saturated carbocycles. The molecule has 0 fully saturated rings. The van der Waals surface area contributed by atoms with Gasteiger partial charge in [0.2, 0.25) is 0 Å². The van der Waals surface area contributed by atoms with Crippen molar-refractivity contribution in [2.24, 2.45) is 0 Å². The van der Waals surface area contributed by atoms with E-state index < -0.39 is 5.97 Å². The van der Waals surface area contributed by atoms with Crippen LogP contribution in [0.3, 0.4) is 0 Å². The smallest absolute Gasteiger partial charge is 0.337 e. The molecule has 5 heteroatoms. The molecule has 0 spiro atoms. The molecule has 0 heterocycles. The van der Waals surface area contributed by atoms with Crippen molar-refractivity contribution in [2.75, 3.05) is 12.4 Å². The van der Waals surface area contributed by atoms with E-state index in [0.717, 1.165) is 16.7 Å². The first kappa shape index (κ1) is 17.6. The second-order valence-corrected chi connectivity index (χ2v) is 5.90. The number of benzene rings is 3. The van der Waals surface area contributed by atoms with Crippen molar-refractivity contribution in [3.8, 4) is 0 Å². The lowest BCUT2D eigenvalue weighted by Gasteiger charge is -2.20. The van der Waals surface area contributed by atoms with E-state index in [1.807, 2.05) is 6.07 Å². The third-order valence-electron chi connectivity index (χ3n) is 4.28. The maximum atomic E-state index is 13.3. The number of hydrogen-bond donors (Lipinski definition) is 2. The van der Waals surface area contributed by atoms with E-state index in [9.17, 15) is 18.7 Å². The Labute approximate surface area is 149 Å². The summed E-state index contributed by atoms with van der Waals surface area (Å²) >= 11 is 0. The zero-order valence-electron chi connectivity index (χ0n) is 14.0. The van der Waals surface area contributed by atoms with Crippen LogP contribution in [-0.2, 0) is 0 Å². The van der Waals surface area contributed by atoms with Crippen LogP contribution in [0.2, 0.25) is 0 Å². The van der Waals surface area contributed by atoms with Crippen LogP contribution in [0.4, 0.5) is 14.5 Å². The number of carbonyl (C=O) groups is 1. The van der Waals surface area contributed by atoms with Gasteiger partial charge in [0.05, 0.1) is 5.56 Å². The first-order valence-electron chi connectivity index (χ1n) is 8.05. The molecular formula is C21H17F2NO2. The van der Waals surface area contributed by atoms with Crippen LogP contribution >= 0.6 is 0 Å². The van der Waals surface area contributed by atoms with Gasteiger partial charge in [0, 0.05) is 18.7 Å². The van der Waals surface area contributed by atoms with Crippen molar-refractivity contribution in [3.63, 3.8) is 0 Å². The average Bonchev–Trinajstić information content (AvgIpc) is 2.65. The number of rotatable bonds is 5. The maximum absolute atomic E-state index is 13.3.